The van der Waals surface area contributed by atoms with Crippen molar-refractivity contribution in [1.29, 1.82) is 0 Å². The van der Waals surface area contributed by atoms with Crippen molar-refractivity contribution < 1.29 is 9.53 Å². The molecular formula is C14H17N3O2. The topological polar surface area (TPSA) is 77.2 Å². The molecule has 0 aromatic carbocycles. The first-order valence-electron chi connectivity index (χ1n) is 6.33. The molecule has 0 radical (unpaired) electrons. The Labute approximate surface area is 112 Å². The second-order valence-corrected chi connectivity index (χ2v) is 4.33. The van der Waals surface area contributed by atoms with Gasteiger partial charge in [0, 0.05) is 18.4 Å². The smallest absolute Gasteiger partial charge is 0.270 e. The zero-order valence-electron chi connectivity index (χ0n) is 10.7. The number of amides is 1. The van der Waals surface area contributed by atoms with Crippen LogP contribution in [0.1, 0.15) is 28.9 Å². The summed E-state index contributed by atoms with van der Waals surface area (Å²) in [6.07, 6.45) is 3.51. The van der Waals surface area contributed by atoms with E-state index in [1.165, 1.54) is 0 Å². The Kier molecular flexibility index (Phi) is 4.90. The van der Waals surface area contributed by atoms with Crippen molar-refractivity contribution in [3.05, 3.63) is 29.6 Å². The molecule has 0 aliphatic carbocycles. The highest BCUT2D eigenvalue weighted by Crippen LogP contribution is 2.07. The highest BCUT2D eigenvalue weighted by Gasteiger charge is 2.17. The zero-order valence-corrected chi connectivity index (χ0v) is 10.7. The Bertz CT molecular complexity index is 482. The molecular weight excluding hydrogens is 242 g/mol. The number of carbonyl (C=O) groups is 1. The van der Waals surface area contributed by atoms with Crippen molar-refractivity contribution in [3.63, 3.8) is 0 Å². The summed E-state index contributed by atoms with van der Waals surface area (Å²) in [5, 5.41) is 2.92. The summed E-state index contributed by atoms with van der Waals surface area (Å²) in [4.78, 5) is 16.1. The minimum absolute atomic E-state index is 0.0831. The quantitative estimate of drug-likeness (QED) is 0.749. The van der Waals surface area contributed by atoms with Crippen LogP contribution in [0.25, 0.3) is 0 Å². The summed E-state index contributed by atoms with van der Waals surface area (Å²) in [5.41, 5.74) is 6.43. The highest BCUT2D eigenvalue weighted by atomic mass is 16.5. The second-order valence-electron chi connectivity index (χ2n) is 4.33. The van der Waals surface area contributed by atoms with Gasteiger partial charge in [-0.25, -0.2) is 4.98 Å². The number of nitrogens with two attached hydrogens (primary N) is 1. The summed E-state index contributed by atoms with van der Waals surface area (Å²) in [6.45, 7) is 1.66. The third kappa shape index (κ3) is 4.05. The summed E-state index contributed by atoms with van der Waals surface area (Å²) < 4.78 is 5.32. The average molecular weight is 259 g/mol. The first-order chi connectivity index (χ1) is 9.29. The number of aromatic nitrogens is 1. The Balaban J connectivity index is 1.95. The van der Waals surface area contributed by atoms with Crippen LogP contribution in [0.15, 0.2) is 18.3 Å². The van der Waals surface area contributed by atoms with Gasteiger partial charge in [-0.1, -0.05) is 11.8 Å². The lowest BCUT2D eigenvalue weighted by molar-refractivity contribution is 0.0622. The first-order valence-corrected chi connectivity index (χ1v) is 6.33. The van der Waals surface area contributed by atoms with Crippen LogP contribution in [0.5, 0.6) is 0 Å². The summed E-state index contributed by atoms with van der Waals surface area (Å²) in [6, 6.07) is 3.52. The van der Waals surface area contributed by atoms with Crippen molar-refractivity contribution >= 4 is 5.91 Å². The molecule has 100 valence electrons. The van der Waals surface area contributed by atoms with Crippen molar-refractivity contribution in [2.75, 3.05) is 19.8 Å². The van der Waals surface area contributed by atoms with Crippen molar-refractivity contribution in [2.45, 2.75) is 18.9 Å². The maximum atomic E-state index is 12.0. The molecule has 0 saturated carbocycles. The van der Waals surface area contributed by atoms with Gasteiger partial charge in [0.05, 0.1) is 19.2 Å². The van der Waals surface area contributed by atoms with E-state index in [1.807, 2.05) is 0 Å². The minimum Gasteiger partial charge on any atom is -0.379 e. The van der Waals surface area contributed by atoms with Gasteiger partial charge in [-0.2, -0.15) is 0 Å². The van der Waals surface area contributed by atoms with Crippen LogP contribution in [-0.4, -0.2) is 36.7 Å². The largest absolute Gasteiger partial charge is 0.379 e. The molecule has 1 aliphatic rings. The van der Waals surface area contributed by atoms with Gasteiger partial charge in [-0.05, 0) is 25.0 Å². The van der Waals surface area contributed by atoms with Gasteiger partial charge >= 0.3 is 0 Å². The molecule has 3 N–H and O–H groups in total. The van der Waals surface area contributed by atoms with Gasteiger partial charge in [0.15, 0.2) is 0 Å². The fourth-order valence-corrected chi connectivity index (χ4v) is 1.87. The molecule has 1 saturated heterocycles. The van der Waals surface area contributed by atoms with Crippen LogP contribution in [0.4, 0.5) is 0 Å². The van der Waals surface area contributed by atoms with Gasteiger partial charge in [0.1, 0.15) is 5.69 Å². The average Bonchev–Trinajstić information content (AvgIpc) is 2.46. The standard InChI is InChI=1S/C14H17N3O2/c15-7-1-3-11-5-6-13(16-9-11)14(18)17-12-4-2-8-19-10-12/h5-6,9,12H,2,4,7-8,10,15H2,(H,17,18). The predicted octanol–water partition coefficient (Wildman–Crippen LogP) is 0.301. The second kappa shape index (κ2) is 6.88. The maximum absolute atomic E-state index is 12.0. The number of carbonyl (C=O) groups excluding carboxylic acids is 1. The molecule has 5 heteroatoms. The maximum Gasteiger partial charge on any atom is 0.270 e. The third-order valence-electron chi connectivity index (χ3n) is 2.83. The number of nitrogens with zero attached hydrogens (tertiary/aromatic N) is 1. The number of ether oxygens (including phenoxy) is 1. The Morgan fingerprint density at radius 2 is 2.47 bits per heavy atom. The fourth-order valence-electron chi connectivity index (χ4n) is 1.87. The molecule has 2 heterocycles. The van der Waals surface area contributed by atoms with E-state index in [-0.39, 0.29) is 11.9 Å². The van der Waals surface area contributed by atoms with Crippen molar-refractivity contribution in [3.8, 4) is 11.8 Å². The van der Waals surface area contributed by atoms with Crippen molar-refractivity contribution in [2.24, 2.45) is 5.73 Å². The van der Waals surface area contributed by atoms with Crippen molar-refractivity contribution in [1.82, 2.24) is 10.3 Å². The Hall–Kier alpha value is -1.90. The molecule has 1 aliphatic heterocycles. The SMILES string of the molecule is NCC#Cc1ccc(C(=O)NC2CCCOC2)nc1. The molecule has 1 amide bonds. The zero-order chi connectivity index (χ0) is 13.5. The molecule has 0 spiro atoms. The normalized spacial score (nSPS) is 18.3. The highest BCUT2D eigenvalue weighted by molar-refractivity contribution is 5.92. The van der Waals surface area contributed by atoms with Gasteiger partial charge in [0.25, 0.3) is 5.91 Å². The number of pyridine rings is 1. The molecule has 0 bridgehead atoms. The number of nitrogens with one attached hydrogen (secondary N) is 1. The minimum atomic E-state index is -0.172. The molecule has 1 fully saturated rings. The molecule has 1 aromatic rings. The van der Waals surface area contributed by atoms with Gasteiger partial charge in [-0.3, -0.25) is 4.79 Å². The molecule has 1 aromatic heterocycles. The van der Waals surface area contributed by atoms with E-state index in [2.05, 4.69) is 22.1 Å². The fraction of sp³-hybridized carbons (Fsp3) is 0.429. The molecule has 1 unspecified atom stereocenters. The van der Waals surface area contributed by atoms with Crippen LogP contribution in [0.2, 0.25) is 0 Å². The molecule has 1 atom stereocenters. The summed E-state index contributed by atoms with van der Waals surface area (Å²) in [7, 11) is 0. The predicted molar refractivity (Wildman–Crippen MR) is 71.5 cm³/mol. The number of hydrogen-bond donors (Lipinski definition) is 2. The van der Waals surface area contributed by atoms with Crippen LogP contribution in [0, 0.1) is 11.8 Å². The van der Waals surface area contributed by atoms with E-state index in [1.54, 1.807) is 18.3 Å². The van der Waals surface area contributed by atoms with Gasteiger partial charge in [0.2, 0.25) is 0 Å². The molecule has 5 nitrogen and oxygen atoms in total. The van der Waals surface area contributed by atoms with E-state index in [0.29, 0.717) is 18.8 Å². The lowest BCUT2D eigenvalue weighted by Gasteiger charge is -2.22. The van der Waals surface area contributed by atoms with Gasteiger partial charge < -0.3 is 15.8 Å². The van der Waals surface area contributed by atoms with E-state index in [0.717, 1.165) is 25.0 Å². The first kappa shape index (κ1) is 13.5. The Morgan fingerprint density at radius 1 is 1.58 bits per heavy atom. The lowest BCUT2D eigenvalue weighted by Crippen LogP contribution is -2.40. The summed E-state index contributed by atoms with van der Waals surface area (Å²) in [5.74, 6) is 5.43. The Morgan fingerprint density at radius 3 is 3.11 bits per heavy atom. The number of hydrogen-bond acceptors (Lipinski definition) is 4. The monoisotopic (exact) mass is 259 g/mol. The van der Waals surface area contributed by atoms with Crippen LogP contribution in [0.3, 0.4) is 0 Å². The third-order valence-corrected chi connectivity index (χ3v) is 2.83. The lowest BCUT2D eigenvalue weighted by atomic mass is 10.1. The van der Waals surface area contributed by atoms with Crippen LogP contribution in [-0.2, 0) is 4.74 Å². The van der Waals surface area contributed by atoms with E-state index in [4.69, 9.17) is 10.5 Å². The van der Waals surface area contributed by atoms with E-state index >= 15 is 0 Å². The van der Waals surface area contributed by atoms with Gasteiger partial charge in [-0.15, -0.1) is 0 Å². The van der Waals surface area contributed by atoms with E-state index in [9.17, 15) is 4.79 Å². The molecule has 19 heavy (non-hydrogen) atoms. The van der Waals surface area contributed by atoms with E-state index < -0.39 is 0 Å². The number of rotatable bonds is 2. The molecule has 2 rings (SSSR count). The van der Waals surface area contributed by atoms with Crippen LogP contribution >= 0.6 is 0 Å². The van der Waals surface area contributed by atoms with Crippen LogP contribution < -0.4 is 11.1 Å². The summed E-state index contributed by atoms with van der Waals surface area (Å²) >= 11 is 0.